The summed E-state index contributed by atoms with van der Waals surface area (Å²) in [4.78, 5) is 15.2. The summed E-state index contributed by atoms with van der Waals surface area (Å²) in [6, 6.07) is 8.80. The van der Waals surface area contributed by atoms with E-state index >= 15 is 0 Å². The van der Waals surface area contributed by atoms with E-state index in [9.17, 15) is 14.3 Å². The highest BCUT2D eigenvalue weighted by Gasteiger charge is 2.48. The first kappa shape index (κ1) is 19.2. The monoisotopic (exact) mass is 407 g/mol. The van der Waals surface area contributed by atoms with Crippen LogP contribution in [0.25, 0.3) is 22.0 Å². The summed E-state index contributed by atoms with van der Waals surface area (Å²) in [7, 11) is 1.90. The van der Waals surface area contributed by atoms with Crippen molar-refractivity contribution in [1.82, 2.24) is 14.7 Å². The van der Waals surface area contributed by atoms with Crippen LogP contribution in [-0.4, -0.2) is 37.3 Å². The van der Waals surface area contributed by atoms with Crippen LogP contribution < -0.4 is 0 Å². The van der Waals surface area contributed by atoms with Crippen molar-refractivity contribution >= 4 is 16.8 Å². The zero-order valence-electron chi connectivity index (χ0n) is 17.7. The molecule has 2 heterocycles. The highest BCUT2D eigenvalue weighted by molar-refractivity contribution is 6.05. The van der Waals surface area contributed by atoms with Gasteiger partial charge < -0.3 is 10.0 Å². The van der Waals surface area contributed by atoms with Crippen LogP contribution in [0.2, 0.25) is 0 Å². The lowest BCUT2D eigenvalue weighted by molar-refractivity contribution is -0.0225. The number of carbonyl (C=O) groups is 1. The van der Waals surface area contributed by atoms with E-state index in [-0.39, 0.29) is 30.2 Å². The first-order valence-corrected chi connectivity index (χ1v) is 10.4. The summed E-state index contributed by atoms with van der Waals surface area (Å²) in [5, 5.41) is 16.2. The molecule has 5 rings (SSSR count). The SMILES string of the molecule is Cc1nn(C)c2ccc(-c3ccc(F)c4c3C(=O)N(C(C3CC3)C(C)(C)O)C4)cc12. The van der Waals surface area contributed by atoms with Crippen molar-refractivity contribution in [2.45, 2.75) is 51.8 Å². The van der Waals surface area contributed by atoms with Crippen molar-refractivity contribution in [1.29, 1.82) is 0 Å². The Labute approximate surface area is 175 Å². The first-order chi connectivity index (χ1) is 14.2. The molecule has 1 fully saturated rings. The molecule has 2 aliphatic rings. The van der Waals surface area contributed by atoms with Gasteiger partial charge in [-0.05, 0) is 68.9 Å². The van der Waals surface area contributed by atoms with Gasteiger partial charge in [0.2, 0.25) is 0 Å². The van der Waals surface area contributed by atoms with Gasteiger partial charge in [-0.25, -0.2) is 4.39 Å². The van der Waals surface area contributed by atoms with Crippen LogP contribution >= 0.6 is 0 Å². The van der Waals surface area contributed by atoms with Crippen molar-refractivity contribution in [3.8, 4) is 11.1 Å². The average Bonchev–Trinajstić information content (AvgIpc) is 3.39. The quantitative estimate of drug-likeness (QED) is 0.705. The van der Waals surface area contributed by atoms with Gasteiger partial charge in [0, 0.05) is 18.0 Å². The number of rotatable bonds is 4. The maximum absolute atomic E-state index is 14.8. The third-order valence-corrected chi connectivity index (χ3v) is 6.53. The molecule has 0 saturated heterocycles. The molecule has 1 aromatic heterocycles. The number of aryl methyl sites for hydroxylation is 2. The van der Waals surface area contributed by atoms with E-state index in [1.165, 1.54) is 6.07 Å². The van der Waals surface area contributed by atoms with Crippen LogP contribution in [-0.2, 0) is 13.6 Å². The second-order valence-electron chi connectivity index (χ2n) is 9.26. The summed E-state index contributed by atoms with van der Waals surface area (Å²) in [6.45, 7) is 5.63. The molecule has 5 nitrogen and oxygen atoms in total. The van der Waals surface area contributed by atoms with Crippen LogP contribution in [0.5, 0.6) is 0 Å². The lowest BCUT2D eigenvalue weighted by Gasteiger charge is -2.37. The van der Waals surface area contributed by atoms with Gasteiger partial charge in [-0.1, -0.05) is 12.1 Å². The topological polar surface area (TPSA) is 58.4 Å². The Balaban J connectivity index is 1.63. The zero-order chi connectivity index (χ0) is 21.4. The third kappa shape index (κ3) is 2.85. The van der Waals surface area contributed by atoms with Crippen molar-refractivity contribution < 1.29 is 14.3 Å². The number of aromatic nitrogens is 2. The van der Waals surface area contributed by atoms with Gasteiger partial charge in [-0.15, -0.1) is 0 Å². The lowest BCUT2D eigenvalue weighted by atomic mass is 9.92. The molecule has 2 aromatic carbocycles. The Bertz CT molecular complexity index is 1190. The number of fused-ring (bicyclic) bond motifs is 2. The molecule has 1 aliphatic carbocycles. The molecule has 3 aromatic rings. The molecular formula is C24H26FN3O2. The highest BCUT2D eigenvalue weighted by atomic mass is 19.1. The number of benzene rings is 2. The van der Waals surface area contributed by atoms with E-state index in [2.05, 4.69) is 5.10 Å². The summed E-state index contributed by atoms with van der Waals surface area (Å²) in [5.74, 6) is -0.292. The van der Waals surface area contributed by atoms with Gasteiger partial charge in [0.05, 0.1) is 35.0 Å². The van der Waals surface area contributed by atoms with E-state index in [0.717, 1.165) is 40.6 Å². The number of nitrogens with zero attached hydrogens (tertiary/aromatic N) is 3. The van der Waals surface area contributed by atoms with Crippen LogP contribution in [0.15, 0.2) is 30.3 Å². The van der Waals surface area contributed by atoms with Crippen molar-refractivity contribution in [2.75, 3.05) is 0 Å². The number of amides is 1. The largest absolute Gasteiger partial charge is 0.388 e. The number of carbonyl (C=O) groups excluding carboxylic acids is 1. The molecule has 0 radical (unpaired) electrons. The molecule has 1 atom stereocenters. The van der Waals surface area contributed by atoms with Gasteiger partial charge in [0.15, 0.2) is 0 Å². The van der Waals surface area contributed by atoms with Gasteiger partial charge in [0.1, 0.15) is 5.82 Å². The minimum atomic E-state index is -1.04. The van der Waals surface area contributed by atoms with E-state index < -0.39 is 5.60 Å². The molecular weight excluding hydrogens is 381 g/mol. The molecule has 156 valence electrons. The molecule has 6 heteroatoms. The highest BCUT2D eigenvalue weighted by Crippen LogP contribution is 2.44. The molecule has 1 N–H and O–H groups in total. The Morgan fingerprint density at radius 3 is 2.63 bits per heavy atom. The maximum atomic E-state index is 14.8. The Hall–Kier alpha value is -2.73. The summed E-state index contributed by atoms with van der Waals surface area (Å²) in [6.07, 6.45) is 1.97. The Morgan fingerprint density at radius 2 is 1.97 bits per heavy atom. The normalized spacial score (nSPS) is 17.7. The predicted octanol–water partition coefficient (Wildman–Crippen LogP) is 4.19. The molecule has 30 heavy (non-hydrogen) atoms. The molecule has 1 aliphatic heterocycles. The number of halogens is 1. The van der Waals surface area contributed by atoms with Crippen molar-refractivity contribution in [2.24, 2.45) is 13.0 Å². The average molecular weight is 407 g/mol. The molecule has 0 bridgehead atoms. The minimum absolute atomic E-state index is 0.193. The molecule has 1 unspecified atom stereocenters. The second-order valence-corrected chi connectivity index (χ2v) is 9.26. The standard InChI is InChI=1S/C24H26FN3O2/c1-13-17-11-15(7-10-20(17)27(4)26-13)16-8-9-19(25)18-12-28(23(29)21(16)18)22(14-5-6-14)24(2,3)30/h7-11,14,22,30H,5-6,12H2,1-4H3. The molecule has 1 amide bonds. The third-order valence-electron chi connectivity index (χ3n) is 6.53. The van der Waals surface area contributed by atoms with E-state index in [4.69, 9.17) is 0 Å². The smallest absolute Gasteiger partial charge is 0.255 e. The zero-order valence-corrected chi connectivity index (χ0v) is 17.7. The number of hydrogen-bond donors (Lipinski definition) is 1. The Kier molecular flexibility index (Phi) is 4.09. The lowest BCUT2D eigenvalue weighted by Crippen LogP contribution is -2.51. The van der Waals surface area contributed by atoms with Gasteiger partial charge in [0.25, 0.3) is 5.91 Å². The second kappa shape index (κ2) is 6.38. The van der Waals surface area contributed by atoms with Gasteiger partial charge >= 0.3 is 0 Å². The number of aliphatic hydroxyl groups is 1. The van der Waals surface area contributed by atoms with Crippen LogP contribution in [0, 0.1) is 18.7 Å². The molecule has 1 saturated carbocycles. The van der Waals surface area contributed by atoms with E-state index in [0.29, 0.717) is 11.1 Å². The predicted molar refractivity (Wildman–Crippen MR) is 114 cm³/mol. The van der Waals surface area contributed by atoms with E-state index in [1.54, 1.807) is 24.8 Å². The minimum Gasteiger partial charge on any atom is -0.388 e. The summed E-state index contributed by atoms with van der Waals surface area (Å²) >= 11 is 0. The summed E-state index contributed by atoms with van der Waals surface area (Å²) in [5.41, 5.74) is 3.34. The Morgan fingerprint density at radius 1 is 1.23 bits per heavy atom. The summed E-state index contributed by atoms with van der Waals surface area (Å²) < 4.78 is 16.6. The van der Waals surface area contributed by atoms with Crippen LogP contribution in [0.4, 0.5) is 4.39 Å². The van der Waals surface area contributed by atoms with Gasteiger partial charge in [-0.2, -0.15) is 5.10 Å². The fourth-order valence-electron chi connectivity index (χ4n) is 5.11. The van der Waals surface area contributed by atoms with Crippen LogP contribution in [0.3, 0.4) is 0 Å². The molecule has 0 spiro atoms. The van der Waals surface area contributed by atoms with Crippen molar-refractivity contribution in [3.63, 3.8) is 0 Å². The van der Waals surface area contributed by atoms with Crippen molar-refractivity contribution in [3.05, 3.63) is 53.0 Å². The van der Waals surface area contributed by atoms with Gasteiger partial charge in [-0.3, -0.25) is 9.48 Å². The maximum Gasteiger partial charge on any atom is 0.255 e. The van der Waals surface area contributed by atoms with E-state index in [1.807, 2.05) is 36.9 Å². The fourth-order valence-corrected chi connectivity index (χ4v) is 5.11. The fraction of sp³-hybridized carbons (Fsp3) is 0.417. The first-order valence-electron chi connectivity index (χ1n) is 10.4. The van der Waals surface area contributed by atoms with Crippen LogP contribution in [0.1, 0.15) is 48.3 Å². The number of hydrogen-bond acceptors (Lipinski definition) is 3.